The Morgan fingerprint density at radius 2 is 0.634 bits per heavy atom. The van der Waals surface area contributed by atoms with Crippen molar-refractivity contribution < 1.29 is 28.6 Å². The summed E-state index contributed by atoms with van der Waals surface area (Å²) in [6.07, 6.45) is 78.2. The molecule has 0 spiro atoms. The molecule has 0 aromatic rings. The fraction of sp³-hybridized carbons (Fsp3) is 0.708. The molecule has 6 heteroatoms. The molecule has 0 fully saturated rings. The van der Waals surface area contributed by atoms with Gasteiger partial charge in [0, 0.05) is 19.3 Å². The van der Waals surface area contributed by atoms with Gasteiger partial charge in [-0.25, -0.2) is 0 Å². The van der Waals surface area contributed by atoms with Gasteiger partial charge in [0.15, 0.2) is 6.10 Å². The first-order valence-corrected chi connectivity index (χ1v) is 29.8. The van der Waals surface area contributed by atoms with Crippen LogP contribution in [0.25, 0.3) is 0 Å². The van der Waals surface area contributed by atoms with Crippen LogP contribution >= 0.6 is 0 Å². The molecule has 0 aromatic carbocycles. The Bertz CT molecular complexity index is 1410. The topological polar surface area (TPSA) is 78.9 Å². The summed E-state index contributed by atoms with van der Waals surface area (Å²) >= 11 is 0. The Morgan fingerprint density at radius 1 is 0.310 bits per heavy atom. The zero-order chi connectivity index (χ0) is 51.4. The average Bonchev–Trinajstić information content (AvgIpc) is 3.37. The largest absolute Gasteiger partial charge is 0.462 e. The average molecular weight is 988 g/mol. The van der Waals surface area contributed by atoms with Crippen LogP contribution < -0.4 is 0 Å². The molecular formula is C65H110O6. The normalized spacial score (nSPS) is 12.8. The Morgan fingerprint density at radius 3 is 1.04 bits per heavy atom. The predicted octanol–water partition coefficient (Wildman–Crippen LogP) is 20.1. The summed E-state index contributed by atoms with van der Waals surface area (Å²) in [5.41, 5.74) is 0. The maximum absolute atomic E-state index is 12.9. The van der Waals surface area contributed by atoms with Gasteiger partial charge in [-0.3, -0.25) is 14.4 Å². The standard InChI is InChI=1S/C65H110O6/c1-4-7-10-13-16-19-22-25-28-31-33-35-37-40-43-46-49-52-55-58-64(67)70-61-62(60-69-63(66)57-54-51-48-45-42-39-36-30-27-24-21-18-15-12-9-6-3)71-65(68)59-56-53-50-47-44-41-38-34-32-29-26-23-20-17-14-11-8-5-2/h9,11-12,14,17-18,20-21,23,26-27,29-30,32,34,38,62H,4-8,10,13,15-16,19,22,24-25,28,31,33,35-37,39-61H2,1-3H3/b12-9-,14-11-,20-17-,21-18-,26-23-,30-27-,32-29-,38-34-. The highest BCUT2D eigenvalue weighted by Gasteiger charge is 2.19. The first-order valence-electron chi connectivity index (χ1n) is 29.8. The summed E-state index contributed by atoms with van der Waals surface area (Å²) in [4.78, 5) is 38.2. The van der Waals surface area contributed by atoms with Crippen molar-refractivity contribution >= 4 is 17.9 Å². The Kier molecular flexibility index (Phi) is 55.9. The van der Waals surface area contributed by atoms with E-state index in [2.05, 4.69) is 93.7 Å². The smallest absolute Gasteiger partial charge is 0.306 e. The van der Waals surface area contributed by atoms with E-state index in [1.54, 1.807) is 0 Å². The highest BCUT2D eigenvalue weighted by molar-refractivity contribution is 5.71. The molecule has 0 aromatic heterocycles. The molecule has 0 aliphatic carbocycles. The van der Waals surface area contributed by atoms with Gasteiger partial charge in [-0.05, 0) is 70.6 Å². The number of carbonyl (C=O) groups excluding carboxylic acids is 3. The molecular weight excluding hydrogens is 877 g/mol. The van der Waals surface area contributed by atoms with Crippen LogP contribution in [0.5, 0.6) is 0 Å². The van der Waals surface area contributed by atoms with Crippen LogP contribution in [0.3, 0.4) is 0 Å². The van der Waals surface area contributed by atoms with Gasteiger partial charge in [-0.2, -0.15) is 0 Å². The lowest BCUT2D eigenvalue weighted by atomic mass is 10.0. The zero-order valence-corrected chi connectivity index (χ0v) is 46.5. The van der Waals surface area contributed by atoms with Crippen LogP contribution in [0.1, 0.15) is 278 Å². The molecule has 6 nitrogen and oxygen atoms in total. The fourth-order valence-corrected chi connectivity index (χ4v) is 8.25. The first-order chi connectivity index (χ1) is 35.0. The fourth-order valence-electron chi connectivity index (χ4n) is 8.25. The van der Waals surface area contributed by atoms with Crippen molar-refractivity contribution in [2.24, 2.45) is 0 Å². The number of carbonyl (C=O) groups is 3. The summed E-state index contributed by atoms with van der Waals surface area (Å²) < 4.78 is 16.9. The Labute approximate surface area is 438 Å². The molecule has 0 aliphatic rings. The van der Waals surface area contributed by atoms with Crippen molar-refractivity contribution in [2.45, 2.75) is 284 Å². The van der Waals surface area contributed by atoms with Gasteiger partial charge in [0.25, 0.3) is 0 Å². The minimum atomic E-state index is -0.797. The van der Waals surface area contributed by atoms with Crippen molar-refractivity contribution in [1.82, 2.24) is 0 Å². The van der Waals surface area contributed by atoms with Gasteiger partial charge in [-0.1, -0.05) is 285 Å². The van der Waals surface area contributed by atoms with E-state index in [1.165, 1.54) is 128 Å². The number of hydrogen-bond acceptors (Lipinski definition) is 6. The molecule has 0 aliphatic heterocycles. The van der Waals surface area contributed by atoms with Crippen LogP contribution in [0.4, 0.5) is 0 Å². The second-order valence-corrected chi connectivity index (χ2v) is 19.7. The maximum Gasteiger partial charge on any atom is 0.306 e. The SMILES string of the molecule is CC/C=C\C/C=C\C/C=C\CCCCCCCCC(=O)OCC(COC(=O)CCCCCCCCCCCCCCCCCCCCC)OC(=O)CCCCCCC\C=C/C=C\C=C/C=C\C=C/CCC. The van der Waals surface area contributed by atoms with Gasteiger partial charge in [0.05, 0.1) is 0 Å². The third kappa shape index (κ3) is 57.1. The van der Waals surface area contributed by atoms with Crippen LogP contribution in [0.2, 0.25) is 0 Å². The van der Waals surface area contributed by atoms with E-state index in [0.717, 1.165) is 109 Å². The lowest BCUT2D eigenvalue weighted by Gasteiger charge is -2.18. The molecule has 0 amide bonds. The van der Waals surface area contributed by atoms with E-state index in [1.807, 2.05) is 24.3 Å². The van der Waals surface area contributed by atoms with E-state index in [0.29, 0.717) is 19.3 Å². The molecule has 0 saturated carbocycles. The number of esters is 3. The molecule has 0 bridgehead atoms. The molecule has 406 valence electrons. The van der Waals surface area contributed by atoms with Crippen LogP contribution in [0.15, 0.2) is 97.2 Å². The lowest BCUT2D eigenvalue weighted by molar-refractivity contribution is -0.167. The lowest BCUT2D eigenvalue weighted by Crippen LogP contribution is -2.30. The Hall–Kier alpha value is -3.67. The van der Waals surface area contributed by atoms with E-state index in [4.69, 9.17) is 14.2 Å². The summed E-state index contributed by atoms with van der Waals surface area (Å²) in [5.74, 6) is -0.922. The highest BCUT2D eigenvalue weighted by atomic mass is 16.6. The van der Waals surface area contributed by atoms with Crippen LogP contribution in [-0.4, -0.2) is 37.2 Å². The number of unbranched alkanes of at least 4 members (excludes halogenated alkanes) is 30. The second kappa shape index (κ2) is 58.9. The third-order valence-electron chi connectivity index (χ3n) is 12.7. The highest BCUT2D eigenvalue weighted by Crippen LogP contribution is 2.16. The molecule has 71 heavy (non-hydrogen) atoms. The number of hydrogen-bond donors (Lipinski definition) is 0. The van der Waals surface area contributed by atoms with Gasteiger partial charge < -0.3 is 14.2 Å². The summed E-state index contributed by atoms with van der Waals surface area (Å²) in [6.45, 7) is 6.43. The molecule has 0 saturated heterocycles. The van der Waals surface area contributed by atoms with E-state index >= 15 is 0 Å². The molecule has 0 heterocycles. The van der Waals surface area contributed by atoms with Crippen molar-refractivity contribution in [3.05, 3.63) is 97.2 Å². The van der Waals surface area contributed by atoms with Gasteiger partial charge in [0.2, 0.25) is 0 Å². The second-order valence-electron chi connectivity index (χ2n) is 19.7. The number of allylic oxidation sites excluding steroid dienone is 16. The predicted molar refractivity (Wildman–Crippen MR) is 307 cm³/mol. The van der Waals surface area contributed by atoms with Crippen molar-refractivity contribution in [1.29, 1.82) is 0 Å². The Balaban J connectivity index is 4.44. The molecule has 0 radical (unpaired) electrons. The quantitative estimate of drug-likeness (QED) is 0.0199. The van der Waals surface area contributed by atoms with Gasteiger partial charge in [0.1, 0.15) is 13.2 Å². The third-order valence-corrected chi connectivity index (χ3v) is 12.7. The van der Waals surface area contributed by atoms with Gasteiger partial charge in [-0.15, -0.1) is 0 Å². The molecule has 1 unspecified atom stereocenters. The van der Waals surface area contributed by atoms with E-state index in [9.17, 15) is 14.4 Å². The van der Waals surface area contributed by atoms with E-state index in [-0.39, 0.29) is 31.1 Å². The summed E-state index contributed by atoms with van der Waals surface area (Å²) in [5, 5.41) is 0. The van der Waals surface area contributed by atoms with Crippen molar-refractivity contribution in [3.8, 4) is 0 Å². The van der Waals surface area contributed by atoms with E-state index < -0.39 is 6.10 Å². The number of rotatable bonds is 53. The summed E-state index contributed by atoms with van der Waals surface area (Å²) in [6, 6.07) is 0. The zero-order valence-electron chi connectivity index (χ0n) is 46.5. The molecule has 1 atom stereocenters. The van der Waals surface area contributed by atoms with Crippen molar-refractivity contribution in [2.75, 3.05) is 13.2 Å². The van der Waals surface area contributed by atoms with Crippen LogP contribution in [-0.2, 0) is 28.6 Å². The minimum Gasteiger partial charge on any atom is -0.462 e. The maximum atomic E-state index is 12.9. The monoisotopic (exact) mass is 987 g/mol. The van der Waals surface area contributed by atoms with Crippen molar-refractivity contribution in [3.63, 3.8) is 0 Å². The van der Waals surface area contributed by atoms with Gasteiger partial charge >= 0.3 is 17.9 Å². The minimum absolute atomic E-state index is 0.0910. The summed E-state index contributed by atoms with van der Waals surface area (Å²) in [7, 11) is 0. The molecule has 0 rings (SSSR count). The first kappa shape index (κ1) is 67.3. The van der Waals surface area contributed by atoms with Crippen LogP contribution in [0, 0.1) is 0 Å². The molecule has 0 N–H and O–H groups in total. The number of ether oxygens (including phenoxy) is 3.